The van der Waals surface area contributed by atoms with Crippen LogP contribution in [0.25, 0.3) is 0 Å². The van der Waals surface area contributed by atoms with Crippen molar-refractivity contribution in [2.24, 2.45) is 17.8 Å². The summed E-state index contributed by atoms with van der Waals surface area (Å²) in [5.41, 5.74) is -0.182. The van der Waals surface area contributed by atoms with E-state index in [1.54, 1.807) is 0 Å². The summed E-state index contributed by atoms with van der Waals surface area (Å²) in [4.78, 5) is 11.5. The lowest BCUT2D eigenvalue weighted by Gasteiger charge is -2.55. The molecule has 5 nitrogen and oxygen atoms in total. The standard InChI is InChI=1S/C12H18N4O/c13-16-10(14-15-11(16)17)12-4-7-1-8(5-12)3-9(2-7)6-12/h7-9H,1-6,13H2,(H,15,17). The van der Waals surface area contributed by atoms with Crippen LogP contribution in [-0.4, -0.2) is 14.9 Å². The van der Waals surface area contributed by atoms with Crippen molar-refractivity contribution in [1.29, 1.82) is 0 Å². The third kappa shape index (κ3) is 1.20. The Labute approximate surface area is 99.4 Å². The van der Waals surface area contributed by atoms with Gasteiger partial charge in [-0.15, -0.1) is 0 Å². The maximum Gasteiger partial charge on any atom is 0.361 e. The molecular formula is C12H18N4O. The van der Waals surface area contributed by atoms with Crippen molar-refractivity contribution >= 4 is 0 Å². The number of H-pyrrole nitrogens is 1. The van der Waals surface area contributed by atoms with Crippen molar-refractivity contribution in [3.63, 3.8) is 0 Å². The van der Waals surface area contributed by atoms with Crippen LogP contribution in [0.3, 0.4) is 0 Å². The lowest BCUT2D eigenvalue weighted by Crippen LogP contribution is -2.50. The normalized spacial score (nSPS) is 43.2. The van der Waals surface area contributed by atoms with Gasteiger partial charge < -0.3 is 5.84 Å². The fraction of sp³-hybridized carbons (Fsp3) is 0.833. The summed E-state index contributed by atoms with van der Waals surface area (Å²) < 4.78 is 1.24. The highest BCUT2D eigenvalue weighted by Gasteiger charge is 2.53. The fourth-order valence-corrected chi connectivity index (χ4v) is 5.06. The van der Waals surface area contributed by atoms with Crippen LogP contribution in [0.1, 0.15) is 44.3 Å². The van der Waals surface area contributed by atoms with Gasteiger partial charge in [0.2, 0.25) is 0 Å². The number of aromatic nitrogens is 3. The SMILES string of the molecule is Nn1c(C23CC4CC(CC(C4)C2)C3)n[nH]c1=O. The van der Waals surface area contributed by atoms with Gasteiger partial charge in [-0.25, -0.2) is 9.89 Å². The zero-order valence-electron chi connectivity index (χ0n) is 9.85. The molecule has 4 fully saturated rings. The molecule has 1 aromatic rings. The zero-order chi connectivity index (χ0) is 11.6. The molecule has 4 bridgehead atoms. The van der Waals surface area contributed by atoms with Crippen LogP contribution in [0.2, 0.25) is 0 Å². The predicted octanol–water partition coefficient (Wildman–Crippen LogP) is 0.753. The summed E-state index contributed by atoms with van der Waals surface area (Å²) in [5, 5.41) is 6.70. The molecule has 0 amide bonds. The quantitative estimate of drug-likeness (QED) is 0.704. The summed E-state index contributed by atoms with van der Waals surface area (Å²) >= 11 is 0. The third-order valence-electron chi connectivity index (χ3n) is 5.22. The highest BCUT2D eigenvalue weighted by Crippen LogP contribution is 2.60. The Morgan fingerprint density at radius 1 is 1.18 bits per heavy atom. The molecule has 0 aromatic carbocycles. The highest BCUT2D eigenvalue weighted by atomic mass is 16.2. The lowest BCUT2D eigenvalue weighted by molar-refractivity contribution is -0.0105. The van der Waals surface area contributed by atoms with E-state index in [1.807, 2.05) is 0 Å². The molecule has 0 radical (unpaired) electrons. The second-order valence-electron chi connectivity index (χ2n) is 6.42. The molecule has 3 N–H and O–H groups in total. The number of nitrogen functional groups attached to an aromatic ring is 1. The molecule has 5 heteroatoms. The van der Waals surface area contributed by atoms with E-state index in [0.717, 1.165) is 23.6 Å². The first-order valence-corrected chi connectivity index (χ1v) is 6.59. The number of aromatic amines is 1. The van der Waals surface area contributed by atoms with E-state index in [4.69, 9.17) is 5.84 Å². The van der Waals surface area contributed by atoms with Crippen LogP contribution in [0.4, 0.5) is 0 Å². The molecular weight excluding hydrogens is 216 g/mol. The van der Waals surface area contributed by atoms with Gasteiger partial charge >= 0.3 is 5.69 Å². The van der Waals surface area contributed by atoms with Crippen LogP contribution in [-0.2, 0) is 5.41 Å². The number of hydrogen-bond donors (Lipinski definition) is 2. The fourth-order valence-electron chi connectivity index (χ4n) is 5.06. The maximum absolute atomic E-state index is 11.5. The monoisotopic (exact) mass is 234 g/mol. The Bertz CT molecular complexity index is 480. The number of nitrogens with zero attached hydrogens (tertiary/aromatic N) is 2. The minimum absolute atomic E-state index is 0.0999. The molecule has 4 saturated carbocycles. The average Bonchev–Trinajstić information content (AvgIpc) is 2.58. The van der Waals surface area contributed by atoms with Gasteiger partial charge in [-0.1, -0.05) is 0 Å². The van der Waals surface area contributed by atoms with Crippen LogP contribution >= 0.6 is 0 Å². The second-order valence-corrected chi connectivity index (χ2v) is 6.42. The van der Waals surface area contributed by atoms with Gasteiger partial charge in [0.25, 0.3) is 0 Å². The molecule has 0 atom stereocenters. The first-order chi connectivity index (χ1) is 8.16. The average molecular weight is 234 g/mol. The maximum atomic E-state index is 11.5. The lowest BCUT2D eigenvalue weighted by atomic mass is 9.49. The zero-order valence-corrected chi connectivity index (χ0v) is 9.85. The smallest absolute Gasteiger partial charge is 0.333 e. The Hall–Kier alpha value is -1.26. The van der Waals surface area contributed by atoms with Crippen molar-refractivity contribution < 1.29 is 0 Å². The largest absolute Gasteiger partial charge is 0.361 e. The van der Waals surface area contributed by atoms with E-state index in [2.05, 4.69) is 10.2 Å². The minimum atomic E-state index is -0.282. The van der Waals surface area contributed by atoms with Gasteiger partial charge in [-0.3, -0.25) is 0 Å². The molecule has 1 aromatic heterocycles. The van der Waals surface area contributed by atoms with Crippen LogP contribution in [0.5, 0.6) is 0 Å². The summed E-state index contributed by atoms with van der Waals surface area (Å²) in [6.07, 6.45) is 7.71. The first kappa shape index (κ1) is 9.74. The second kappa shape index (κ2) is 2.94. The van der Waals surface area contributed by atoms with Gasteiger partial charge in [0.15, 0.2) is 5.82 Å². The Kier molecular flexibility index (Phi) is 1.69. The van der Waals surface area contributed by atoms with Crippen molar-refractivity contribution in [3.8, 4) is 0 Å². The topological polar surface area (TPSA) is 76.7 Å². The van der Waals surface area contributed by atoms with E-state index in [0.29, 0.717) is 0 Å². The van der Waals surface area contributed by atoms with Gasteiger partial charge in [0.05, 0.1) is 0 Å². The highest BCUT2D eigenvalue weighted by molar-refractivity contribution is 5.17. The first-order valence-electron chi connectivity index (χ1n) is 6.59. The van der Waals surface area contributed by atoms with Gasteiger partial charge in [-0.2, -0.15) is 9.77 Å². The number of hydrogen-bond acceptors (Lipinski definition) is 3. The van der Waals surface area contributed by atoms with E-state index in [-0.39, 0.29) is 11.1 Å². The minimum Gasteiger partial charge on any atom is -0.333 e. The molecule has 5 rings (SSSR count). The molecule has 92 valence electrons. The molecule has 4 aliphatic rings. The van der Waals surface area contributed by atoms with Crippen LogP contribution in [0.15, 0.2) is 4.79 Å². The van der Waals surface area contributed by atoms with E-state index < -0.39 is 0 Å². The van der Waals surface area contributed by atoms with Crippen molar-refractivity contribution in [3.05, 3.63) is 16.3 Å². The van der Waals surface area contributed by atoms with Crippen LogP contribution < -0.4 is 11.5 Å². The molecule has 1 heterocycles. The Morgan fingerprint density at radius 3 is 2.12 bits per heavy atom. The van der Waals surface area contributed by atoms with E-state index in [9.17, 15) is 4.79 Å². The summed E-state index contributed by atoms with van der Waals surface area (Å²) in [6, 6.07) is 0. The van der Waals surface area contributed by atoms with Crippen molar-refractivity contribution in [1.82, 2.24) is 14.9 Å². The summed E-state index contributed by atoms with van der Waals surface area (Å²) in [6.45, 7) is 0. The molecule has 0 aliphatic heterocycles. The molecule has 4 aliphatic carbocycles. The molecule has 0 spiro atoms. The molecule has 17 heavy (non-hydrogen) atoms. The number of nitrogens with two attached hydrogens (primary N) is 1. The van der Waals surface area contributed by atoms with E-state index >= 15 is 0 Å². The summed E-state index contributed by atoms with van der Waals surface area (Å²) in [5.74, 6) is 9.16. The van der Waals surface area contributed by atoms with Gasteiger partial charge in [0, 0.05) is 5.41 Å². The number of nitrogens with one attached hydrogen (secondary N) is 1. The Balaban J connectivity index is 1.82. The van der Waals surface area contributed by atoms with Gasteiger partial charge in [-0.05, 0) is 56.3 Å². The summed E-state index contributed by atoms with van der Waals surface area (Å²) in [7, 11) is 0. The van der Waals surface area contributed by atoms with Crippen molar-refractivity contribution in [2.45, 2.75) is 43.9 Å². The third-order valence-corrected chi connectivity index (χ3v) is 5.22. The molecule has 0 unspecified atom stereocenters. The van der Waals surface area contributed by atoms with Crippen molar-refractivity contribution in [2.75, 3.05) is 5.84 Å². The van der Waals surface area contributed by atoms with Crippen LogP contribution in [0, 0.1) is 17.8 Å². The Morgan fingerprint density at radius 2 is 1.71 bits per heavy atom. The predicted molar refractivity (Wildman–Crippen MR) is 62.8 cm³/mol. The molecule has 0 saturated heterocycles. The van der Waals surface area contributed by atoms with Gasteiger partial charge in [0.1, 0.15) is 0 Å². The van der Waals surface area contributed by atoms with E-state index in [1.165, 1.54) is 43.2 Å². The number of rotatable bonds is 1.